The summed E-state index contributed by atoms with van der Waals surface area (Å²) in [5.41, 5.74) is 3.97. The van der Waals surface area contributed by atoms with Gasteiger partial charge in [0.05, 0.1) is 6.61 Å². The van der Waals surface area contributed by atoms with Crippen molar-refractivity contribution >= 4 is 0 Å². The van der Waals surface area contributed by atoms with Crippen LogP contribution < -0.4 is 10.1 Å². The first-order chi connectivity index (χ1) is 8.89. The highest BCUT2D eigenvalue weighted by Gasteiger charge is 2.26. The summed E-state index contributed by atoms with van der Waals surface area (Å²) >= 11 is 0. The SMILES string of the molecule is Cc1ccc(C)c(OCC(C)(C)CNC2CC2)c1C. The molecule has 0 spiro atoms. The van der Waals surface area contributed by atoms with Crippen LogP contribution in [-0.4, -0.2) is 19.2 Å². The van der Waals surface area contributed by atoms with Crippen LogP contribution in [0.25, 0.3) is 0 Å². The lowest BCUT2D eigenvalue weighted by Gasteiger charge is -2.26. The lowest BCUT2D eigenvalue weighted by atomic mass is 9.94. The summed E-state index contributed by atoms with van der Waals surface area (Å²) in [5.74, 6) is 1.07. The van der Waals surface area contributed by atoms with Crippen LogP contribution in [0.4, 0.5) is 0 Å². The lowest BCUT2D eigenvalue weighted by Crippen LogP contribution is -2.35. The molecule has 0 amide bonds. The molecule has 0 atom stereocenters. The smallest absolute Gasteiger partial charge is 0.125 e. The van der Waals surface area contributed by atoms with Gasteiger partial charge < -0.3 is 10.1 Å². The molecule has 1 aliphatic carbocycles. The average Bonchev–Trinajstić information content (AvgIpc) is 3.16. The first-order valence-electron chi connectivity index (χ1n) is 7.32. The van der Waals surface area contributed by atoms with E-state index in [9.17, 15) is 0 Å². The number of hydrogen-bond acceptors (Lipinski definition) is 2. The highest BCUT2D eigenvalue weighted by Crippen LogP contribution is 2.28. The molecule has 0 aromatic heterocycles. The number of hydrogen-bond donors (Lipinski definition) is 1. The molecule has 1 aromatic rings. The molecule has 2 rings (SSSR count). The van der Waals surface area contributed by atoms with Crippen molar-refractivity contribution in [2.45, 2.75) is 53.5 Å². The molecule has 0 unspecified atom stereocenters. The van der Waals surface area contributed by atoms with Crippen molar-refractivity contribution in [1.29, 1.82) is 0 Å². The van der Waals surface area contributed by atoms with E-state index in [4.69, 9.17) is 4.74 Å². The third-order valence-electron chi connectivity index (χ3n) is 3.93. The number of benzene rings is 1. The minimum Gasteiger partial charge on any atom is -0.492 e. The van der Waals surface area contributed by atoms with Gasteiger partial charge >= 0.3 is 0 Å². The van der Waals surface area contributed by atoms with Gasteiger partial charge in [-0.05, 0) is 50.3 Å². The second-order valence-electron chi connectivity index (χ2n) is 6.76. The van der Waals surface area contributed by atoms with E-state index in [1.54, 1.807) is 0 Å². The first-order valence-corrected chi connectivity index (χ1v) is 7.32. The van der Waals surface area contributed by atoms with Crippen LogP contribution in [0.1, 0.15) is 43.4 Å². The minimum atomic E-state index is 0.172. The molecule has 19 heavy (non-hydrogen) atoms. The minimum absolute atomic E-state index is 0.172. The van der Waals surface area contributed by atoms with E-state index in [0.29, 0.717) is 0 Å². The van der Waals surface area contributed by atoms with Gasteiger partial charge in [0.2, 0.25) is 0 Å². The number of ether oxygens (including phenoxy) is 1. The molecule has 2 heteroatoms. The third-order valence-corrected chi connectivity index (χ3v) is 3.93. The molecule has 0 heterocycles. The number of aryl methyl sites for hydroxylation is 2. The van der Waals surface area contributed by atoms with Crippen LogP contribution in [0.15, 0.2) is 12.1 Å². The average molecular weight is 261 g/mol. The van der Waals surface area contributed by atoms with Crippen molar-refractivity contribution in [2.24, 2.45) is 5.41 Å². The third kappa shape index (κ3) is 3.97. The normalized spacial score (nSPS) is 15.6. The molecule has 0 radical (unpaired) electrons. The Morgan fingerprint density at radius 1 is 1.16 bits per heavy atom. The zero-order valence-corrected chi connectivity index (χ0v) is 13.0. The van der Waals surface area contributed by atoms with E-state index in [0.717, 1.165) is 24.9 Å². The quantitative estimate of drug-likeness (QED) is 0.841. The van der Waals surface area contributed by atoms with Crippen LogP contribution in [0, 0.1) is 26.2 Å². The Hall–Kier alpha value is -1.02. The van der Waals surface area contributed by atoms with Crippen LogP contribution in [0.2, 0.25) is 0 Å². The van der Waals surface area contributed by atoms with Gasteiger partial charge in [-0.3, -0.25) is 0 Å². The van der Waals surface area contributed by atoms with Gasteiger partial charge in [0, 0.05) is 18.0 Å². The van der Waals surface area contributed by atoms with E-state index >= 15 is 0 Å². The van der Waals surface area contributed by atoms with Crippen molar-refractivity contribution in [3.8, 4) is 5.75 Å². The summed E-state index contributed by atoms with van der Waals surface area (Å²) in [7, 11) is 0. The standard InChI is InChI=1S/C17H27NO/c1-12-6-7-13(2)16(14(12)3)19-11-17(4,5)10-18-15-8-9-15/h6-7,15,18H,8-11H2,1-5H3. The largest absolute Gasteiger partial charge is 0.492 e. The van der Waals surface area contributed by atoms with Crippen molar-refractivity contribution in [3.05, 3.63) is 28.8 Å². The van der Waals surface area contributed by atoms with E-state index in [2.05, 4.69) is 52.1 Å². The maximum absolute atomic E-state index is 6.13. The molecule has 1 aromatic carbocycles. The van der Waals surface area contributed by atoms with Crippen LogP contribution in [0.5, 0.6) is 5.75 Å². The Kier molecular flexibility index (Phi) is 4.19. The zero-order chi connectivity index (χ0) is 14.0. The van der Waals surface area contributed by atoms with Gasteiger partial charge in [-0.2, -0.15) is 0 Å². The number of nitrogens with one attached hydrogen (secondary N) is 1. The van der Waals surface area contributed by atoms with Crippen molar-refractivity contribution in [1.82, 2.24) is 5.32 Å². The molecule has 1 aliphatic rings. The van der Waals surface area contributed by atoms with Gasteiger partial charge in [0.1, 0.15) is 5.75 Å². The van der Waals surface area contributed by atoms with Crippen LogP contribution in [-0.2, 0) is 0 Å². The fourth-order valence-corrected chi connectivity index (χ4v) is 2.17. The predicted molar refractivity (Wildman–Crippen MR) is 81.0 cm³/mol. The van der Waals surface area contributed by atoms with E-state index in [-0.39, 0.29) is 5.41 Å². The van der Waals surface area contributed by atoms with Crippen molar-refractivity contribution in [3.63, 3.8) is 0 Å². The molecule has 0 bridgehead atoms. The molecule has 1 fully saturated rings. The van der Waals surface area contributed by atoms with E-state index < -0.39 is 0 Å². The summed E-state index contributed by atoms with van der Waals surface area (Å²) < 4.78 is 6.13. The van der Waals surface area contributed by atoms with E-state index in [1.807, 2.05) is 0 Å². The Balaban J connectivity index is 1.95. The molecule has 1 N–H and O–H groups in total. The highest BCUT2D eigenvalue weighted by molar-refractivity contribution is 5.44. The maximum Gasteiger partial charge on any atom is 0.125 e. The fourth-order valence-electron chi connectivity index (χ4n) is 2.17. The zero-order valence-electron chi connectivity index (χ0n) is 13.0. The molecular weight excluding hydrogens is 234 g/mol. The monoisotopic (exact) mass is 261 g/mol. The topological polar surface area (TPSA) is 21.3 Å². The lowest BCUT2D eigenvalue weighted by molar-refractivity contribution is 0.174. The summed E-state index contributed by atoms with van der Waals surface area (Å²) in [6, 6.07) is 5.08. The van der Waals surface area contributed by atoms with Gasteiger partial charge in [-0.1, -0.05) is 26.0 Å². The van der Waals surface area contributed by atoms with Gasteiger partial charge in [0.25, 0.3) is 0 Å². The van der Waals surface area contributed by atoms with Crippen LogP contribution in [0.3, 0.4) is 0 Å². The maximum atomic E-state index is 6.13. The van der Waals surface area contributed by atoms with Gasteiger partial charge in [-0.25, -0.2) is 0 Å². The molecule has 2 nitrogen and oxygen atoms in total. The number of rotatable bonds is 6. The Labute approximate surface area is 117 Å². The van der Waals surface area contributed by atoms with Gasteiger partial charge in [0.15, 0.2) is 0 Å². The van der Waals surface area contributed by atoms with Crippen molar-refractivity contribution < 1.29 is 4.74 Å². The second kappa shape index (κ2) is 5.54. The molecule has 1 saturated carbocycles. The van der Waals surface area contributed by atoms with Gasteiger partial charge in [-0.15, -0.1) is 0 Å². The summed E-state index contributed by atoms with van der Waals surface area (Å²) in [4.78, 5) is 0. The predicted octanol–water partition coefficient (Wildman–Crippen LogP) is 3.77. The molecular formula is C17H27NO. The highest BCUT2D eigenvalue weighted by atomic mass is 16.5. The molecule has 0 aliphatic heterocycles. The molecule has 0 saturated heterocycles. The first kappa shape index (κ1) is 14.4. The Morgan fingerprint density at radius 3 is 2.42 bits per heavy atom. The summed E-state index contributed by atoms with van der Waals surface area (Å²) in [5, 5.41) is 3.59. The Bertz CT molecular complexity index is 447. The van der Waals surface area contributed by atoms with E-state index in [1.165, 1.54) is 29.5 Å². The summed E-state index contributed by atoms with van der Waals surface area (Å²) in [6.45, 7) is 12.7. The second-order valence-corrected chi connectivity index (χ2v) is 6.76. The van der Waals surface area contributed by atoms with Crippen LogP contribution >= 0.6 is 0 Å². The Morgan fingerprint density at radius 2 is 1.79 bits per heavy atom. The fraction of sp³-hybridized carbons (Fsp3) is 0.647. The summed E-state index contributed by atoms with van der Waals surface area (Å²) in [6.07, 6.45) is 2.68. The molecule has 106 valence electrons. The van der Waals surface area contributed by atoms with Crippen molar-refractivity contribution in [2.75, 3.05) is 13.2 Å².